The van der Waals surface area contributed by atoms with Crippen LogP contribution in [0.25, 0.3) is 0 Å². The van der Waals surface area contributed by atoms with E-state index < -0.39 is 5.60 Å². The van der Waals surface area contributed by atoms with E-state index >= 15 is 0 Å². The highest BCUT2D eigenvalue weighted by Gasteiger charge is 2.54. The second kappa shape index (κ2) is 6.43. The van der Waals surface area contributed by atoms with Gasteiger partial charge in [-0.15, -0.1) is 0 Å². The number of ether oxygens (including phenoxy) is 1. The highest BCUT2D eigenvalue weighted by atomic mass is 16.5. The molecule has 1 fully saturated rings. The molecule has 25 heavy (non-hydrogen) atoms. The fourth-order valence-electron chi connectivity index (χ4n) is 4.96. The lowest BCUT2D eigenvalue weighted by molar-refractivity contribution is -0.0862. The maximum Gasteiger partial charge on any atom is 0.219 e. The summed E-state index contributed by atoms with van der Waals surface area (Å²) in [5.74, 6) is 1.37. The molecule has 2 aromatic rings. The molecule has 4 nitrogen and oxygen atoms in total. The summed E-state index contributed by atoms with van der Waals surface area (Å²) in [5.41, 5.74) is 7.67. The van der Waals surface area contributed by atoms with Gasteiger partial charge in [0.25, 0.3) is 0 Å². The van der Waals surface area contributed by atoms with E-state index in [9.17, 15) is 5.11 Å². The average molecular weight is 338 g/mol. The standard InChI is InChI=1S/C21H26N2O2/c22-13-12-20-9-2-3-10-21(20,24)11-8-16-6-7-17(15-18(16)20)25-19-5-1-4-14-23-19/h1,4-7,14-15,24H,2-3,8-13,22H2/t20-,21+/m1/s1. The first kappa shape index (κ1) is 16.6. The molecule has 0 aliphatic heterocycles. The highest BCUT2D eigenvalue weighted by Crippen LogP contribution is 2.55. The van der Waals surface area contributed by atoms with Crippen LogP contribution in [-0.4, -0.2) is 22.2 Å². The number of aryl methyl sites for hydroxylation is 1. The molecule has 1 heterocycles. The molecule has 3 N–H and O–H groups in total. The van der Waals surface area contributed by atoms with Crippen LogP contribution in [0.3, 0.4) is 0 Å². The van der Waals surface area contributed by atoms with E-state index in [-0.39, 0.29) is 5.41 Å². The predicted molar refractivity (Wildman–Crippen MR) is 97.8 cm³/mol. The first-order valence-corrected chi connectivity index (χ1v) is 9.32. The Labute approximate surface area is 149 Å². The van der Waals surface area contributed by atoms with E-state index in [1.807, 2.05) is 24.3 Å². The van der Waals surface area contributed by atoms with E-state index in [1.54, 1.807) is 6.20 Å². The molecule has 2 aliphatic carbocycles. The number of nitrogens with zero attached hydrogens (tertiary/aromatic N) is 1. The van der Waals surface area contributed by atoms with Crippen LogP contribution < -0.4 is 10.5 Å². The Morgan fingerprint density at radius 1 is 1.12 bits per heavy atom. The van der Waals surface area contributed by atoms with Gasteiger partial charge in [0.15, 0.2) is 0 Å². The lowest BCUT2D eigenvalue weighted by atomic mass is 9.53. The third-order valence-electron chi connectivity index (χ3n) is 6.17. The minimum Gasteiger partial charge on any atom is -0.439 e. The Bertz CT molecular complexity index is 745. The minimum absolute atomic E-state index is 0.239. The lowest BCUT2D eigenvalue weighted by Gasteiger charge is -2.54. The van der Waals surface area contributed by atoms with Gasteiger partial charge in [0.2, 0.25) is 5.88 Å². The number of rotatable bonds is 4. The smallest absolute Gasteiger partial charge is 0.219 e. The first-order chi connectivity index (χ1) is 12.2. The van der Waals surface area contributed by atoms with Crippen molar-refractivity contribution in [1.29, 1.82) is 0 Å². The van der Waals surface area contributed by atoms with Crippen LogP contribution in [0.15, 0.2) is 42.6 Å². The summed E-state index contributed by atoms with van der Waals surface area (Å²) in [4.78, 5) is 4.24. The summed E-state index contributed by atoms with van der Waals surface area (Å²) in [6, 6.07) is 11.9. The minimum atomic E-state index is -0.638. The van der Waals surface area contributed by atoms with Crippen molar-refractivity contribution in [3.05, 3.63) is 53.7 Å². The van der Waals surface area contributed by atoms with Gasteiger partial charge >= 0.3 is 0 Å². The van der Waals surface area contributed by atoms with Gasteiger partial charge < -0.3 is 15.6 Å². The van der Waals surface area contributed by atoms with Crippen LogP contribution in [0, 0.1) is 0 Å². The van der Waals surface area contributed by atoms with Gasteiger partial charge in [-0.3, -0.25) is 0 Å². The maximum absolute atomic E-state index is 11.5. The Balaban J connectivity index is 1.76. The topological polar surface area (TPSA) is 68.4 Å². The molecule has 2 atom stereocenters. The largest absolute Gasteiger partial charge is 0.439 e. The number of nitrogens with two attached hydrogens (primary N) is 1. The van der Waals surface area contributed by atoms with E-state index in [0.717, 1.165) is 50.7 Å². The maximum atomic E-state index is 11.5. The van der Waals surface area contributed by atoms with Crippen molar-refractivity contribution in [2.75, 3.05) is 6.54 Å². The van der Waals surface area contributed by atoms with Crippen LogP contribution in [-0.2, 0) is 11.8 Å². The van der Waals surface area contributed by atoms with Crippen molar-refractivity contribution in [2.45, 2.75) is 56.0 Å². The van der Waals surface area contributed by atoms with E-state index in [1.165, 1.54) is 11.1 Å². The molecule has 2 aliphatic rings. The van der Waals surface area contributed by atoms with Crippen LogP contribution in [0.1, 0.15) is 49.7 Å². The van der Waals surface area contributed by atoms with Crippen molar-refractivity contribution < 1.29 is 9.84 Å². The zero-order valence-corrected chi connectivity index (χ0v) is 14.6. The molecular weight excluding hydrogens is 312 g/mol. The average Bonchev–Trinajstić information content (AvgIpc) is 2.63. The van der Waals surface area contributed by atoms with Crippen molar-refractivity contribution >= 4 is 0 Å². The molecule has 4 heteroatoms. The van der Waals surface area contributed by atoms with Gasteiger partial charge in [-0.2, -0.15) is 0 Å². The Hall–Kier alpha value is -1.91. The van der Waals surface area contributed by atoms with Gasteiger partial charge in [-0.1, -0.05) is 25.0 Å². The lowest BCUT2D eigenvalue weighted by Crippen LogP contribution is -2.57. The summed E-state index contributed by atoms with van der Waals surface area (Å²) < 4.78 is 5.96. The number of aromatic nitrogens is 1. The predicted octanol–water partition coefficient (Wildman–Crippen LogP) is 3.71. The second-order valence-corrected chi connectivity index (χ2v) is 7.45. The van der Waals surface area contributed by atoms with Crippen molar-refractivity contribution in [3.63, 3.8) is 0 Å². The third kappa shape index (κ3) is 2.74. The monoisotopic (exact) mass is 338 g/mol. The van der Waals surface area contributed by atoms with Crippen molar-refractivity contribution in [1.82, 2.24) is 4.98 Å². The molecule has 0 saturated heterocycles. The van der Waals surface area contributed by atoms with Gasteiger partial charge in [0.05, 0.1) is 5.60 Å². The van der Waals surface area contributed by atoms with E-state index in [2.05, 4.69) is 17.1 Å². The molecule has 1 saturated carbocycles. The normalized spacial score (nSPS) is 28.1. The summed E-state index contributed by atoms with van der Waals surface area (Å²) in [7, 11) is 0. The summed E-state index contributed by atoms with van der Waals surface area (Å²) in [5, 5.41) is 11.5. The van der Waals surface area contributed by atoms with Gasteiger partial charge in [0, 0.05) is 17.7 Å². The Morgan fingerprint density at radius 3 is 2.80 bits per heavy atom. The Kier molecular flexibility index (Phi) is 4.26. The summed E-state index contributed by atoms with van der Waals surface area (Å²) in [6.07, 6.45) is 8.42. The Morgan fingerprint density at radius 2 is 2.00 bits per heavy atom. The molecule has 0 bridgehead atoms. The number of hydrogen-bond donors (Lipinski definition) is 2. The number of pyridine rings is 1. The summed E-state index contributed by atoms with van der Waals surface area (Å²) in [6.45, 7) is 0.590. The van der Waals surface area contributed by atoms with Crippen LogP contribution >= 0.6 is 0 Å². The number of hydrogen-bond acceptors (Lipinski definition) is 4. The molecular formula is C21H26N2O2. The van der Waals surface area contributed by atoms with E-state index in [4.69, 9.17) is 10.5 Å². The molecule has 4 rings (SSSR count). The molecule has 1 aromatic carbocycles. The fraction of sp³-hybridized carbons (Fsp3) is 0.476. The molecule has 0 spiro atoms. The number of aliphatic hydroxyl groups is 1. The van der Waals surface area contributed by atoms with Gasteiger partial charge in [0.1, 0.15) is 5.75 Å². The number of fused-ring (bicyclic) bond motifs is 3. The van der Waals surface area contributed by atoms with Crippen LogP contribution in [0.2, 0.25) is 0 Å². The zero-order valence-electron chi connectivity index (χ0n) is 14.6. The van der Waals surface area contributed by atoms with E-state index in [0.29, 0.717) is 12.4 Å². The SMILES string of the molecule is NCC[C@@]12CCCC[C@]1(O)CCc1ccc(Oc3ccccn3)cc12. The third-order valence-corrected chi connectivity index (χ3v) is 6.17. The second-order valence-electron chi connectivity index (χ2n) is 7.45. The van der Waals surface area contributed by atoms with Crippen LogP contribution in [0.4, 0.5) is 0 Å². The number of benzene rings is 1. The van der Waals surface area contributed by atoms with Crippen molar-refractivity contribution in [3.8, 4) is 11.6 Å². The van der Waals surface area contributed by atoms with Crippen molar-refractivity contribution in [2.24, 2.45) is 5.73 Å². The zero-order chi connectivity index (χ0) is 17.3. The van der Waals surface area contributed by atoms with Gasteiger partial charge in [-0.05, 0) is 68.0 Å². The van der Waals surface area contributed by atoms with Crippen LogP contribution in [0.5, 0.6) is 11.6 Å². The fourth-order valence-corrected chi connectivity index (χ4v) is 4.96. The quantitative estimate of drug-likeness (QED) is 0.892. The van der Waals surface area contributed by atoms with Gasteiger partial charge in [-0.25, -0.2) is 4.98 Å². The molecule has 1 aromatic heterocycles. The molecule has 132 valence electrons. The summed E-state index contributed by atoms with van der Waals surface area (Å²) >= 11 is 0. The molecule has 0 amide bonds. The highest BCUT2D eigenvalue weighted by molar-refractivity contribution is 5.46. The first-order valence-electron chi connectivity index (χ1n) is 9.32. The molecule has 0 unspecified atom stereocenters. The molecule has 0 radical (unpaired) electrons.